The van der Waals surface area contributed by atoms with Crippen LogP contribution in [0.3, 0.4) is 0 Å². The second-order valence-corrected chi connectivity index (χ2v) is 5.72. The van der Waals surface area contributed by atoms with Gasteiger partial charge in [0.25, 0.3) is 0 Å². The molecule has 0 saturated heterocycles. The number of carbonyl (C=O) groups is 2. The molecule has 0 aliphatic heterocycles. The van der Waals surface area contributed by atoms with Gasteiger partial charge in [-0.2, -0.15) is 43.9 Å². The summed E-state index contributed by atoms with van der Waals surface area (Å²) >= 11 is 0. The van der Waals surface area contributed by atoms with Crippen molar-refractivity contribution in [3.05, 3.63) is 29.3 Å². The monoisotopic (exact) mass is 441 g/mol. The second kappa shape index (κ2) is 7.82. The fraction of sp³-hybridized carbons (Fsp3) is 0.500. The number of halogens is 10. The Morgan fingerprint density at radius 1 is 0.724 bits per heavy atom. The summed E-state index contributed by atoms with van der Waals surface area (Å²) < 4.78 is 130. The number of carbonyl (C=O) groups excluding carboxylic acids is 2. The van der Waals surface area contributed by atoms with Gasteiger partial charge in [0.05, 0.1) is 5.69 Å². The Bertz CT molecular complexity index is 723. The normalized spacial score (nSPS) is 13.4. The molecular weight excluding hydrogens is 428 g/mol. The predicted molar refractivity (Wildman–Crippen MR) is 79.7 cm³/mol. The van der Waals surface area contributed by atoms with E-state index in [4.69, 9.17) is 0 Å². The molecule has 1 rings (SSSR count). The first-order chi connectivity index (χ1) is 12.9. The van der Waals surface area contributed by atoms with Crippen molar-refractivity contribution in [2.75, 3.05) is 4.90 Å². The first kappa shape index (κ1) is 24.7. The Hall–Kier alpha value is -2.34. The van der Waals surface area contributed by atoms with Crippen molar-refractivity contribution >= 4 is 17.5 Å². The van der Waals surface area contributed by atoms with Crippen LogP contribution in [0.25, 0.3) is 0 Å². The molecule has 13 heteroatoms. The zero-order chi connectivity index (χ0) is 23.0. The number of aryl methyl sites for hydroxylation is 2. The largest absolute Gasteiger partial charge is 0.463 e. The van der Waals surface area contributed by atoms with Crippen molar-refractivity contribution in [2.24, 2.45) is 0 Å². The minimum atomic E-state index is -6.65. The SMILES string of the molecule is CCc1cccc(CC)c1N(C(=O)C(F)(F)C(F)(F)F)C(=O)C(F)(F)C(F)(F)F. The predicted octanol–water partition coefficient (Wildman–Crippen LogP) is 5.07. The van der Waals surface area contributed by atoms with Crippen molar-refractivity contribution in [3.8, 4) is 0 Å². The molecule has 29 heavy (non-hydrogen) atoms. The number of hydrogen-bond acceptors (Lipinski definition) is 2. The zero-order valence-corrected chi connectivity index (χ0v) is 14.7. The Morgan fingerprint density at radius 2 is 1.03 bits per heavy atom. The first-order valence-electron chi connectivity index (χ1n) is 7.83. The third kappa shape index (κ3) is 4.32. The van der Waals surface area contributed by atoms with Crippen LogP contribution in [0.5, 0.6) is 0 Å². The molecule has 0 aromatic heterocycles. The number of para-hydroxylation sites is 1. The fourth-order valence-electron chi connectivity index (χ4n) is 2.32. The van der Waals surface area contributed by atoms with E-state index in [-0.39, 0.29) is 24.0 Å². The lowest BCUT2D eigenvalue weighted by molar-refractivity contribution is -0.273. The van der Waals surface area contributed by atoms with Crippen LogP contribution < -0.4 is 4.90 Å². The Labute approximate surface area is 157 Å². The summed E-state index contributed by atoms with van der Waals surface area (Å²) in [5.74, 6) is -19.9. The van der Waals surface area contributed by atoms with Gasteiger partial charge in [0.15, 0.2) is 0 Å². The average Bonchev–Trinajstić information content (AvgIpc) is 2.59. The Kier molecular flexibility index (Phi) is 6.66. The van der Waals surface area contributed by atoms with E-state index < -0.39 is 46.6 Å². The van der Waals surface area contributed by atoms with E-state index in [1.807, 2.05) is 0 Å². The number of nitrogens with zero attached hydrogens (tertiary/aromatic N) is 1. The molecule has 1 aromatic carbocycles. The molecule has 0 fully saturated rings. The molecule has 1 aromatic rings. The maximum Gasteiger partial charge on any atom is 0.463 e. The smallest absolute Gasteiger partial charge is 0.267 e. The molecule has 0 aliphatic carbocycles. The van der Waals surface area contributed by atoms with Gasteiger partial charge in [0.2, 0.25) is 0 Å². The van der Waals surface area contributed by atoms with Gasteiger partial charge >= 0.3 is 36.0 Å². The highest BCUT2D eigenvalue weighted by Crippen LogP contribution is 2.43. The summed E-state index contributed by atoms with van der Waals surface area (Å²) in [6.07, 6.45) is -13.9. The molecule has 0 aliphatic rings. The highest BCUT2D eigenvalue weighted by atomic mass is 19.4. The van der Waals surface area contributed by atoms with E-state index in [9.17, 15) is 53.5 Å². The van der Waals surface area contributed by atoms with E-state index in [0.717, 1.165) is 12.1 Å². The molecule has 0 unspecified atom stereocenters. The minimum Gasteiger partial charge on any atom is -0.267 e. The number of imide groups is 1. The van der Waals surface area contributed by atoms with Gasteiger partial charge in [-0.25, -0.2) is 4.90 Å². The van der Waals surface area contributed by atoms with Gasteiger partial charge in [0.1, 0.15) is 0 Å². The molecular formula is C16H13F10NO2. The van der Waals surface area contributed by atoms with Crippen LogP contribution in [0, 0.1) is 0 Å². The van der Waals surface area contributed by atoms with Crippen LogP contribution in [0.1, 0.15) is 25.0 Å². The lowest BCUT2D eigenvalue weighted by Crippen LogP contribution is -2.60. The van der Waals surface area contributed by atoms with Crippen LogP contribution >= 0.6 is 0 Å². The summed E-state index contributed by atoms with van der Waals surface area (Å²) in [7, 11) is 0. The number of alkyl halides is 10. The van der Waals surface area contributed by atoms with Crippen molar-refractivity contribution < 1.29 is 53.5 Å². The highest BCUT2D eigenvalue weighted by Gasteiger charge is 2.70. The lowest BCUT2D eigenvalue weighted by atomic mass is 10.0. The summed E-state index contributed by atoms with van der Waals surface area (Å²) in [5, 5.41) is 0. The van der Waals surface area contributed by atoms with E-state index in [1.165, 1.54) is 19.9 Å². The summed E-state index contributed by atoms with van der Waals surface area (Å²) in [5.41, 5.74) is -1.88. The highest BCUT2D eigenvalue weighted by molar-refractivity contribution is 6.20. The van der Waals surface area contributed by atoms with Crippen LogP contribution in [0.4, 0.5) is 49.6 Å². The van der Waals surface area contributed by atoms with Crippen molar-refractivity contribution in [3.63, 3.8) is 0 Å². The van der Waals surface area contributed by atoms with Gasteiger partial charge in [-0.1, -0.05) is 32.0 Å². The van der Waals surface area contributed by atoms with Gasteiger partial charge in [-0.3, -0.25) is 9.59 Å². The summed E-state index contributed by atoms with van der Waals surface area (Å²) in [6.45, 7) is 2.52. The minimum absolute atomic E-state index is 0.282. The van der Waals surface area contributed by atoms with Gasteiger partial charge in [0, 0.05) is 0 Å². The molecule has 3 nitrogen and oxygen atoms in total. The fourth-order valence-corrected chi connectivity index (χ4v) is 2.32. The molecule has 0 N–H and O–H groups in total. The molecule has 0 radical (unpaired) electrons. The molecule has 2 amide bonds. The van der Waals surface area contributed by atoms with Crippen molar-refractivity contribution in [1.29, 1.82) is 0 Å². The van der Waals surface area contributed by atoms with E-state index in [2.05, 4.69) is 0 Å². The number of benzene rings is 1. The Balaban J connectivity index is 3.89. The quantitative estimate of drug-likeness (QED) is 0.599. The molecule has 0 bridgehead atoms. The maximum atomic E-state index is 13.6. The molecule has 0 atom stereocenters. The van der Waals surface area contributed by atoms with E-state index >= 15 is 0 Å². The van der Waals surface area contributed by atoms with Gasteiger partial charge < -0.3 is 0 Å². The summed E-state index contributed by atoms with van der Waals surface area (Å²) in [6, 6.07) is 3.18. The maximum absolute atomic E-state index is 13.6. The molecule has 0 spiro atoms. The van der Waals surface area contributed by atoms with Crippen LogP contribution in [0.2, 0.25) is 0 Å². The number of hydrogen-bond donors (Lipinski definition) is 0. The Morgan fingerprint density at radius 3 is 1.28 bits per heavy atom. The molecule has 0 saturated carbocycles. The third-order valence-electron chi connectivity index (χ3n) is 3.84. The topological polar surface area (TPSA) is 37.4 Å². The first-order valence-corrected chi connectivity index (χ1v) is 7.83. The number of rotatable bonds is 5. The van der Waals surface area contributed by atoms with E-state index in [1.54, 1.807) is 0 Å². The van der Waals surface area contributed by atoms with Crippen molar-refractivity contribution in [2.45, 2.75) is 50.9 Å². The average molecular weight is 441 g/mol. The zero-order valence-electron chi connectivity index (χ0n) is 14.7. The second-order valence-electron chi connectivity index (χ2n) is 5.72. The van der Waals surface area contributed by atoms with Crippen molar-refractivity contribution in [1.82, 2.24) is 0 Å². The molecule has 0 heterocycles. The number of anilines is 1. The summed E-state index contributed by atoms with van der Waals surface area (Å²) in [4.78, 5) is 22.4. The van der Waals surface area contributed by atoms with Crippen LogP contribution in [-0.2, 0) is 22.4 Å². The third-order valence-corrected chi connectivity index (χ3v) is 3.84. The van der Waals surface area contributed by atoms with Gasteiger partial charge in [-0.05, 0) is 24.0 Å². The lowest BCUT2D eigenvalue weighted by Gasteiger charge is -2.32. The van der Waals surface area contributed by atoms with E-state index in [0.29, 0.717) is 0 Å². The number of amides is 2. The standard InChI is InChI=1S/C16H13F10NO2/c1-3-8-6-5-7-9(4-2)10(8)27(11(28)13(17,18)15(21,22)23)12(29)14(19,20)16(24,25)26/h5-7H,3-4H2,1-2H3. The van der Waals surface area contributed by atoms with Crippen LogP contribution in [0.15, 0.2) is 18.2 Å². The van der Waals surface area contributed by atoms with Gasteiger partial charge in [-0.15, -0.1) is 0 Å². The van der Waals surface area contributed by atoms with Crippen LogP contribution in [-0.4, -0.2) is 36.0 Å². The molecule has 164 valence electrons.